The van der Waals surface area contributed by atoms with Gasteiger partial charge in [-0.15, -0.1) is 0 Å². The zero-order valence-corrected chi connectivity index (χ0v) is 22.5. The van der Waals surface area contributed by atoms with Crippen molar-refractivity contribution in [3.8, 4) is 17.2 Å². The Labute approximate surface area is 224 Å². The molecule has 0 saturated heterocycles. The number of ether oxygens (including phenoxy) is 3. The van der Waals surface area contributed by atoms with E-state index in [-0.39, 0.29) is 18.0 Å². The van der Waals surface area contributed by atoms with Gasteiger partial charge in [-0.3, -0.25) is 4.79 Å². The highest BCUT2D eigenvalue weighted by Crippen LogP contribution is 2.36. The maximum absolute atomic E-state index is 11.6. The van der Waals surface area contributed by atoms with Gasteiger partial charge in [-0.25, -0.2) is 0 Å². The SMILES string of the molecule is COc1ccc(C(C)(C)c2ccc(Oc3ccc(C(O)c4ccc(C)cc4)cc3)c(COC(C)=O)c2)cc1. The van der Waals surface area contributed by atoms with Crippen LogP contribution < -0.4 is 9.47 Å². The lowest BCUT2D eigenvalue weighted by molar-refractivity contribution is -0.142. The zero-order valence-electron chi connectivity index (χ0n) is 22.5. The summed E-state index contributed by atoms with van der Waals surface area (Å²) in [6, 6.07) is 29.2. The number of aryl methyl sites for hydroxylation is 1. The Morgan fingerprint density at radius 2 is 1.37 bits per heavy atom. The van der Waals surface area contributed by atoms with E-state index in [9.17, 15) is 9.90 Å². The van der Waals surface area contributed by atoms with Crippen molar-refractivity contribution in [3.63, 3.8) is 0 Å². The molecule has 38 heavy (non-hydrogen) atoms. The largest absolute Gasteiger partial charge is 0.497 e. The van der Waals surface area contributed by atoms with Crippen molar-refractivity contribution in [2.24, 2.45) is 0 Å². The second kappa shape index (κ2) is 11.5. The van der Waals surface area contributed by atoms with Gasteiger partial charge in [-0.1, -0.05) is 74.0 Å². The molecule has 4 rings (SSSR count). The summed E-state index contributed by atoms with van der Waals surface area (Å²) in [6.07, 6.45) is -0.719. The lowest BCUT2D eigenvalue weighted by Crippen LogP contribution is -2.19. The molecule has 196 valence electrons. The first-order valence-corrected chi connectivity index (χ1v) is 12.6. The predicted molar refractivity (Wildman–Crippen MR) is 149 cm³/mol. The first kappa shape index (κ1) is 27.0. The van der Waals surface area contributed by atoms with E-state index >= 15 is 0 Å². The fourth-order valence-electron chi connectivity index (χ4n) is 4.32. The molecule has 0 amide bonds. The number of aliphatic hydroxyl groups is 1. The molecule has 0 heterocycles. The van der Waals surface area contributed by atoms with Crippen molar-refractivity contribution >= 4 is 5.97 Å². The van der Waals surface area contributed by atoms with Crippen LogP contribution in [-0.4, -0.2) is 18.2 Å². The van der Waals surface area contributed by atoms with Crippen molar-refractivity contribution < 1.29 is 24.1 Å². The monoisotopic (exact) mass is 510 g/mol. The lowest BCUT2D eigenvalue weighted by atomic mass is 9.77. The standard InChI is InChI=1S/C33H34O5/c1-22-6-8-24(9-7-22)32(35)25-10-15-30(16-11-25)38-31-19-14-28(20-26(31)21-37-23(2)34)33(3,4)27-12-17-29(36-5)18-13-27/h6-20,32,35H,21H2,1-5H3. The fraction of sp³-hybridized carbons (Fsp3) is 0.242. The van der Waals surface area contributed by atoms with E-state index in [1.54, 1.807) is 7.11 Å². The first-order valence-electron chi connectivity index (χ1n) is 12.6. The molecule has 4 aromatic carbocycles. The number of aliphatic hydroxyl groups excluding tert-OH is 1. The average Bonchev–Trinajstić information content (AvgIpc) is 2.93. The van der Waals surface area contributed by atoms with Gasteiger partial charge in [0.25, 0.3) is 0 Å². The predicted octanol–water partition coefficient (Wildman–Crippen LogP) is 7.27. The summed E-state index contributed by atoms with van der Waals surface area (Å²) in [4.78, 5) is 11.6. The molecule has 5 nitrogen and oxygen atoms in total. The Morgan fingerprint density at radius 1 is 0.816 bits per heavy atom. The molecule has 5 heteroatoms. The maximum atomic E-state index is 11.6. The van der Waals surface area contributed by atoms with E-state index in [4.69, 9.17) is 14.2 Å². The summed E-state index contributed by atoms with van der Waals surface area (Å²) in [7, 11) is 1.65. The molecule has 0 fully saturated rings. The third kappa shape index (κ3) is 6.24. The van der Waals surface area contributed by atoms with E-state index in [0.717, 1.165) is 39.1 Å². The van der Waals surface area contributed by atoms with Crippen molar-refractivity contribution in [3.05, 3.63) is 124 Å². The van der Waals surface area contributed by atoms with Crippen molar-refractivity contribution in [1.29, 1.82) is 0 Å². The van der Waals surface area contributed by atoms with Crippen LogP contribution in [0.3, 0.4) is 0 Å². The molecular weight excluding hydrogens is 476 g/mol. The molecule has 0 spiro atoms. The molecule has 1 N–H and O–H groups in total. The van der Waals surface area contributed by atoms with Gasteiger partial charge in [-0.2, -0.15) is 0 Å². The molecule has 1 unspecified atom stereocenters. The van der Waals surface area contributed by atoms with Crippen LogP contribution in [0.5, 0.6) is 17.2 Å². The number of hydrogen-bond acceptors (Lipinski definition) is 5. The van der Waals surface area contributed by atoms with Crippen LogP contribution in [-0.2, 0) is 21.6 Å². The molecule has 0 aliphatic carbocycles. The number of hydrogen-bond donors (Lipinski definition) is 1. The number of benzene rings is 4. The molecule has 0 bridgehead atoms. The minimum Gasteiger partial charge on any atom is -0.497 e. The fourth-order valence-corrected chi connectivity index (χ4v) is 4.32. The van der Waals surface area contributed by atoms with Crippen LogP contribution in [0, 0.1) is 6.92 Å². The van der Waals surface area contributed by atoms with Gasteiger partial charge in [0.2, 0.25) is 0 Å². The number of rotatable bonds is 9. The van der Waals surface area contributed by atoms with Crippen LogP contribution in [0.4, 0.5) is 0 Å². The molecule has 1 atom stereocenters. The summed E-state index contributed by atoms with van der Waals surface area (Å²) in [5.74, 6) is 1.68. The highest BCUT2D eigenvalue weighted by Gasteiger charge is 2.25. The lowest BCUT2D eigenvalue weighted by Gasteiger charge is -2.27. The summed E-state index contributed by atoms with van der Waals surface area (Å²) >= 11 is 0. The summed E-state index contributed by atoms with van der Waals surface area (Å²) in [5, 5.41) is 10.8. The van der Waals surface area contributed by atoms with Gasteiger partial charge < -0.3 is 19.3 Å². The molecular formula is C33H34O5. The van der Waals surface area contributed by atoms with Gasteiger partial charge >= 0.3 is 5.97 Å². The molecule has 0 aromatic heterocycles. The number of carbonyl (C=O) groups is 1. The van der Waals surface area contributed by atoms with Crippen LogP contribution in [0.1, 0.15) is 60.3 Å². The molecule has 0 radical (unpaired) electrons. The third-order valence-electron chi connectivity index (χ3n) is 6.84. The number of methoxy groups -OCH3 is 1. The number of carbonyl (C=O) groups excluding carboxylic acids is 1. The third-order valence-corrected chi connectivity index (χ3v) is 6.84. The van der Waals surface area contributed by atoms with E-state index in [2.05, 4.69) is 26.0 Å². The second-order valence-electron chi connectivity index (χ2n) is 9.94. The Balaban J connectivity index is 1.58. The minimum atomic E-state index is -0.719. The van der Waals surface area contributed by atoms with E-state index < -0.39 is 6.10 Å². The smallest absolute Gasteiger partial charge is 0.302 e. The molecule has 0 saturated carbocycles. The van der Waals surface area contributed by atoms with Crippen LogP contribution in [0.2, 0.25) is 0 Å². The molecule has 0 aliphatic heterocycles. The van der Waals surface area contributed by atoms with Crippen LogP contribution in [0.15, 0.2) is 91.0 Å². The Bertz CT molecular complexity index is 1370. The Kier molecular flexibility index (Phi) is 8.18. The van der Waals surface area contributed by atoms with Crippen molar-refractivity contribution in [2.45, 2.75) is 45.8 Å². The van der Waals surface area contributed by atoms with Crippen molar-refractivity contribution in [1.82, 2.24) is 0 Å². The van der Waals surface area contributed by atoms with E-state index in [0.29, 0.717) is 11.5 Å². The van der Waals surface area contributed by atoms with E-state index in [1.807, 2.05) is 85.8 Å². The highest BCUT2D eigenvalue weighted by atomic mass is 16.5. The van der Waals surface area contributed by atoms with Gasteiger partial charge in [0, 0.05) is 17.9 Å². The zero-order chi connectivity index (χ0) is 27.3. The summed E-state index contributed by atoms with van der Waals surface area (Å²) in [5.41, 5.74) is 5.42. The summed E-state index contributed by atoms with van der Waals surface area (Å²) in [6.45, 7) is 7.81. The quantitative estimate of drug-likeness (QED) is 0.240. The van der Waals surface area contributed by atoms with Crippen LogP contribution >= 0.6 is 0 Å². The van der Waals surface area contributed by atoms with E-state index in [1.165, 1.54) is 6.92 Å². The Hall–Kier alpha value is -4.09. The topological polar surface area (TPSA) is 65.0 Å². The Morgan fingerprint density at radius 3 is 1.95 bits per heavy atom. The number of esters is 1. The normalized spacial score (nSPS) is 12.1. The average molecular weight is 511 g/mol. The maximum Gasteiger partial charge on any atom is 0.302 e. The molecule has 4 aromatic rings. The van der Waals surface area contributed by atoms with Crippen LogP contribution in [0.25, 0.3) is 0 Å². The van der Waals surface area contributed by atoms with Crippen molar-refractivity contribution in [2.75, 3.05) is 7.11 Å². The first-order chi connectivity index (χ1) is 18.2. The van der Waals surface area contributed by atoms with Gasteiger partial charge in [0.1, 0.15) is 30.0 Å². The van der Waals surface area contributed by atoms with Gasteiger partial charge in [0.05, 0.1) is 7.11 Å². The summed E-state index contributed by atoms with van der Waals surface area (Å²) < 4.78 is 16.9. The highest BCUT2D eigenvalue weighted by molar-refractivity contribution is 5.66. The second-order valence-corrected chi connectivity index (χ2v) is 9.94. The van der Waals surface area contributed by atoms with Gasteiger partial charge in [-0.05, 0) is 65.6 Å². The van der Waals surface area contributed by atoms with Gasteiger partial charge in [0.15, 0.2) is 0 Å². The molecule has 0 aliphatic rings. The minimum absolute atomic E-state index is 0.0986.